The quantitative estimate of drug-likeness (QED) is 0.501. The number of benzene rings is 2. The molecule has 1 N–H and O–H groups in total. The standard InChI is InChI=1S/C20H16ClNO5S2/c1-26-16-8-12(9-17-19(25)22(10-18(23)24)20(28)29-17)6-7-15(16)27-11-13-4-2-3-5-14(13)21/h2-9H,10-11H2,1H3,(H,23,24)/b17-9-. The van der Waals surface area contributed by atoms with Crippen molar-refractivity contribution in [2.45, 2.75) is 6.61 Å². The maximum Gasteiger partial charge on any atom is 0.323 e. The molecule has 0 aliphatic carbocycles. The third-order valence-electron chi connectivity index (χ3n) is 3.99. The number of hydrogen-bond donors (Lipinski definition) is 1. The van der Waals surface area contributed by atoms with Crippen molar-refractivity contribution in [2.75, 3.05) is 13.7 Å². The molecule has 9 heteroatoms. The third kappa shape index (κ3) is 5.09. The van der Waals surface area contributed by atoms with Crippen LogP contribution in [0, 0.1) is 0 Å². The van der Waals surface area contributed by atoms with Crippen molar-refractivity contribution < 1.29 is 24.2 Å². The maximum absolute atomic E-state index is 12.4. The molecule has 29 heavy (non-hydrogen) atoms. The lowest BCUT2D eigenvalue weighted by atomic mass is 10.1. The van der Waals surface area contributed by atoms with Gasteiger partial charge in [-0.15, -0.1) is 0 Å². The first-order chi connectivity index (χ1) is 13.9. The first-order valence-corrected chi connectivity index (χ1v) is 10.0. The molecular formula is C20H16ClNO5S2. The van der Waals surface area contributed by atoms with Crippen LogP contribution >= 0.6 is 35.6 Å². The fourth-order valence-electron chi connectivity index (χ4n) is 2.59. The fourth-order valence-corrected chi connectivity index (χ4v) is 4.03. The zero-order valence-corrected chi connectivity index (χ0v) is 17.6. The topological polar surface area (TPSA) is 76.1 Å². The predicted molar refractivity (Wildman–Crippen MR) is 116 cm³/mol. The minimum absolute atomic E-state index is 0.218. The molecule has 1 aliphatic heterocycles. The lowest BCUT2D eigenvalue weighted by molar-refractivity contribution is -0.140. The largest absolute Gasteiger partial charge is 0.493 e. The Morgan fingerprint density at radius 1 is 1.28 bits per heavy atom. The molecule has 2 aromatic rings. The van der Waals surface area contributed by atoms with Gasteiger partial charge < -0.3 is 14.6 Å². The molecule has 0 saturated carbocycles. The highest BCUT2D eigenvalue weighted by atomic mass is 35.5. The number of hydrogen-bond acceptors (Lipinski definition) is 6. The summed E-state index contributed by atoms with van der Waals surface area (Å²) in [6.45, 7) is -0.177. The molecule has 6 nitrogen and oxygen atoms in total. The summed E-state index contributed by atoms with van der Waals surface area (Å²) >= 11 is 12.3. The van der Waals surface area contributed by atoms with Gasteiger partial charge in [0.1, 0.15) is 17.5 Å². The van der Waals surface area contributed by atoms with E-state index in [-0.39, 0.29) is 10.9 Å². The average Bonchev–Trinajstić information content (AvgIpc) is 2.95. The zero-order chi connectivity index (χ0) is 21.0. The minimum atomic E-state index is -1.12. The Bertz CT molecular complexity index is 1010. The number of ether oxygens (including phenoxy) is 2. The number of carbonyl (C=O) groups excluding carboxylic acids is 1. The van der Waals surface area contributed by atoms with Crippen LogP contribution in [0.15, 0.2) is 47.4 Å². The molecule has 0 atom stereocenters. The van der Waals surface area contributed by atoms with Crippen LogP contribution in [-0.4, -0.2) is 39.9 Å². The van der Waals surface area contributed by atoms with Crippen LogP contribution in [-0.2, 0) is 16.2 Å². The summed E-state index contributed by atoms with van der Waals surface area (Å²) in [4.78, 5) is 24.7. The smallest absolute Gasteiger partial charge is 0.323 e. The molecule has 1 saturated heterocycles. The number of rotatable bonds is 7. The van der Waals surface area contributed by atoms with Crippen LogP contribution < -0.4 is 9.47 Å². The van der Waals surface area contributed by atoms with E-state index in [1.807, 2.05) is 18.2 Å². The van der Waals surface area contributed by atoms with Gasteiger partial charge in [-0.05, 0) is 29.8 Å². The second-order valence-corrected chi connectivity index (χ2v) is 8.03. The molecule has 0 radical (unpaired) electrons. The van der Waals surface area contributed by atoms with E-state index in [0.29, 0.717) is 27.0 Å². The van der Waals surface area contributed by atoms with Crippen molar-refractivity contribution in [1.29, 1.82) is 0 Å². The van der Waals surface area contributed by atoms with Gasteiger partial charge in [0.15, 0.2) is 11.5 Å². The van der Waals surface area contributed by atoms with Gasteiger partial charge in [-0.2, -0.15) is 0 Å². The van der Waals surface area contributed by atoms with Gasteiger partial charge in [0.25, 0.3) is 5.91 Å². The second-order valence-electron chi connectivity index (χ2n) is 5.95. The highest BCUT2D eigenvalue weighted by molar-refractivity contribution is 8.26. The van der Waals surface area contributed by atoms with E-state index >= 15 is 0 Å². The zero-order valence-electron chi connectivity index (χ0n) is 15.3. The van der Waals surface area contributed by atoms with Gasteiger partial charge in [-0.25, -0.2) is 0 Å². The lowest BCUT2D eigenvalue weighted by Crippen LogP contribution is -2.33. The van der Waals surface area contributed by atoms with E-state index in [0.717, 1.165) is 22.2 Å². The first kappa shape index (κ1) is 21.2. The van der Waals surface area contributed by atoms with Crippen molar-refractivity contribution in [3.8, 4) is 11.5 Å². The maximum atomic E-state index is 12.4. The number of halogens is 1. The molecule has 0 aromatic heterocycles. The molecule has 1 amide bonds. The molecule has 1 fully saturated rings. The van der Waals surface area contributed by atoms with E-state index in [9.17, 15) is 9.59 Å². The van der Waals surface area contributed by atoms with Crippen molar-refractivity contribution in [3.63, 3.8) is 0 Å². The van der Waals surface area contributed by atoms with E-state index in [1.165, 1.54) is 7.11 Å². The highest BCUT2D eigenvalue weighted by Gasteiger charge is 2.33. The average molecular weight is 450 g/mol. The van der Waals surface area contributed by atoms with Crippen molar-refractivity contribution in [1.82, 2.24) is 4.90 Å². The summed E-state index contributed by atoms with van der Waals surface area (Å²) < 4.78 is 11.4. The van der Waals surface area contributed by atoms with Crippen LogP contribution in [0.4, 0.5) is 0 Å². The monoisotopic (exact) mass is 449 g/mol. The SMILES string of the molecule is COc1cc(/C=C2\SC(=S)N(CC(=O)O)C2=O)ccc1OCc1ccccc1Cl. The molecule has 0 bridgehead atoms. The van der Waals surface area contributed by atoms with Crippen molar-refractivity contribution in [3.05, 3.63) is 63.5 Å². The number of carboxylic acid groups (broad SMARTS) is 1. The number of methoxy groups -OCH3 is 1. The van der Waals surface area contributed by atoms with E-state index in [4.69, 9.17) is 38.4 Å². The number of amides is 1. The van der Waals surface area contributed by atoms with Crippen molar-refractivity contribution in [2.24, 2.45) is 0 Å². The number of aliphatic carboxylic acids is 1. The number of nitrogens with zero attached hydrogens (tertiary/aromatic N) is 1. The highest BCUT2D eigenvalue weighted by Crippen LogP contribution is 2.35. The van der Waals surface area contributed by atoms with Crippen LogP contribution in [0.25, 0.3) is 6.08 Å². The molecule has 1 aliphatic rings. The molecule has 0 unspecified atom stereocenters. The fraction of sp³-hybridized carbons (Fsp3) is 0.150. The predicted octanol–water partition coefficient (Wildman–Crippen LogP) is 4.21. The van der Waals surface area contributed by atoms with E-state index in [2.05, 4.69) is 0 Å². The summed E-state index contributed by atoms with van der Waals surface area (Å²) in [6.07, 6.45) is 1.64. The van der Waals surface area contributed by atoms with Crippen molar-refractivity contribution >= 4 is 57.9 Å². The van der Waals surface area contributed by atoms with Gasteiger partial charge in [0.05, 0.1) is 12.0 Å². The summed E-state index contributed by atoms with van der Waals surface area (Å²) in [5.74, 6) is -0.528. The molecule has 3 rings (SSSR count). The third-order valence-corrected chi connectivity index (χ3v) is 5.74. The van der Waals surface area contributed by atoms with E-state index < -0.39 is 18.4 Å². The molecule has 0 spiro atoms. The number of carbonyl (C=O) groups is 2. The van der Waals surface area contributed by atoms with Crippen LogP contribution in [0.1, 0.15) is 11.1 Å². The summed E-state index contributed by atoms with van der Waals surface area (Å²) in [6, 6.07) is 12.6. The lowest BCUT2D eigenvalue weighted by Gasteiger charge is -2.12. The number of thioether (sulfide) groups is 1. The second kappa shape index (κ2) is 9.30. The summed E-state index contributed by atoms with van der Waals surface area (Å²) in [7, 11) is 1.52. The van der Waals surface area contributed by atoms with Gasteiger partial charge in [0, 0.05) is 10.6 Å². The Labute approximate surface area is 182 Å². The molecule has 150 valence electrons. The Morgan fingerprint density at radius 3 is 2.72 bits per heavy atom. The molecule has 2 aromatic carbocycles. The minimum Gasteiger partial charge on any atom is -0.493 e. The van der Waals surface area contributed by atoms with Crippen LogP contribution in [0.3, 0.4) is 0 Å². The summed E-state index contributed by atoms with van der Waals surface area (Å²) in [5.41, 5.74) is 1.55. The molecule has 1 heterocycles. The van der Waals surface area contributed by atoms with Crippen LogP contribution in [0.2, 0.25) is 5.02 Å². The Balaban J connectivity index is 1.77. The Kier molecular flexibility index (Phi) is 6.79. The van der Waals surface area contributed by atoms with Gasteiger partial charge >= 0.3 is 5.97 Å². The van der Waals surface area contributed by atoms with E-state index in [1.54, 1.807) is 30.3 Å². The normalized spacial score (nSPS) is 15.1. The Morgan fingerprint density at radius 2 is 2.03 bits per heavy atom. The number of carboxylic acids is 1. The molecular weight excluding hydrogens is 434 g/mol. The van der Waals surface area contributed by atoms with Gasteiger partial charge in [-0.1, -0.05) is 59.8 Å². The van der Waals surface area contributed by atoms with Crippen LogP contribution in [0.5, 0.6) is 11.5 Å². The van der Waals surface area contributed by atoms with Gasteiger partial charge in [-0.3, -0.25) is 14.5 Å². The Hall–Kier alpha value is -2.55. The summed E-state index contributed by atoms with van der Waals surface area (Å²) in [5, 5.41) is 9.53. The van der Waals surface area contributed by atoms with Gasteiger partial charge in [0.2, 0.25) is 0 Å². The number of thiocarbonyl (C=S) groups is 1. The first-order valence-electron chi connectivity index (χ1n) is 8.40.